The van der Waals surface area contributed by atoms with E-state index in [2.05, 4.69) is 18.0 Å². The maximum absolute atomic E-state index is 3.19. The summed E-state index contributed by atoms with van der Waals surface area (Å²) in [5.74, 6) is 0. The molecule has 0 aromatic carbocycles. The molecule has 1 aliphatic rings. The van der Waals surface area contributed by atoms with Crippen LogP contribution in [0.2, 0.25) is 0 Å². The highest BCUT2D eigenvalue weighted by Crippen LogP contribution is 2.18. The maximum Gasteiger partial charge on any atom is 0.185 e. The lowest BCUT2D eigenvalue weighted by Gasteiger charge is -2.19. The lowest BCUT2D eigenvalue weighted by molar-refractivity contribution is 0.385. The van der Waals surface area contributed by atoms with E-state index in [0.717, 1.165) is 6.04 Å². The predicted octanol–water partition coefficient (Wildman–Crippen LogP) is -0.693. The predicted molar refractivity (Wildman–Crippen MR) is 58.7 cm³/mol. The van der Waals surface area contributed by atoms with Crippen molar-refractivity contribution >= 4 is 16.0 Å². The van der Waals surface area contributed by atoms with Crippen molar-refractivity contribution in [2.45, 2.75) is 38.1 Å². The number of rotatable bonds is 5. The maximum atomic E-state index is 3.19. The monoisotopic (exact) mass is 166 g/mol. The topological polar surface area (TPSA) is 15.3 Å². The molecular formula is C8H20B2N2. The average Bonchev–Trinajstić information content (AvgIpc) is 2.46. The van der Waals surface area contributed by atoms with E-state index in [9.17, 15) is 0 Å². The van der Waals surface area contributed by atoms with Gasteiger partial charge in [0, 0.05) is 0 Å². The minimum Gasteiger partial charge on any atom is -0.362 e. The molecule has 0 aliphatic carbocycles. The summed E-state index contributed by atoms with van der Waals surface area (Å²) in [6, 6.07) is 0.891. The highest BCUT2D eigenvalue weighted by Gasteiger charge is 2.18. The van der Waals surface area contributed by atoms with Gasteiger partial charge in [0.05, 0.1) is 0 Å². The SMILES string of the molecule is BNCCCCC1CCCN1B. The van der Waals surface area contributed by atoms with Crippen LogP contribution in [0.1, 0.15) is 32.1 Å². The Morgan fingerprint density at radius 2 is 2.25 bits per heavy atom. The zero-order valence-electron chi connectivity index (χ0n) is 8.47. The Kier molecular flexibility index (Phi) is 4.77. The first-order valence-corrected chi connectivity index (χ1v) is 5.19. The van der Waals surface area contributed by atoms with E-state index in [0.29, 0.717) is 0 Å². The Morgan fingerprint density at radius 1 is 1.42 bits per heavy atom. The van der Waals surface area contributed by atoms with Crippen molar-refractivity contribution in [2.24, 2.45) is 0 Å². The van der Waals surface area contributed by atoms with Crippen LogP contribution in [0.4, 0.5) is 0 Å². The smallest absolute Gasteiger partial charge is 0.185 e. The Morgan fingerprint density at radius 3 is 2.83 bits per heavy atom. The average molecular weight is 166 g/mol. The van der Waals surface area contributed by atoms with Gasteiger partial charge in [-0.3, -0.25) is 0 Å². The van der Waals surface area contributed by atoms with E-state index >= 15 is 0 Å². The fourth-order valence-corrected chi connectivity index (χ4v) is 2.03. The van der Waals surface area contributed by atoms with Crippen LogP contribution in [0.5, 0.6) is 0 Å². The van der Waals surface area contributed by atoms with Crippen molar-refractivity contribution < 1.29 is 0 Å². The van der Waals surface area contributed by atoms with Crippen molar-refractivity contribution in [2.75, 3.05) is 13.1 Å². The second-order valence-electron chi connectivity index (χ2n) is 3.88. The molecule has 1 unspecified atom stereocenters. The van der Waals surface area contributed by atoms with Crippen molar-refractivity contribution in [1.82, 2.24) is 10.0 Å². The van der Waals surface area contributed by atoms with Crippen LogP contribution >= 0.6 is 0 Å². The lowest BCUT2D eigenvalue weighted by atomic mass is 10.1. The van der Waals surface area contributed by atoms with Crippen LogP contribution in [-0.2, 0) is 0 Å². The Balaban J connectivity index is 1.98. The molecule has 4 heteroatoms. The first kappa shape index (κ1) is 10.1. The van der Waals surface area contributed by atoms with E-state index < -0.39 is 0 Å². The van der Waals surface area contributed by atoms with E-state index in [1.165, 1.54) is 45.2 Å². The van der Waals surface area contributed by atoms with Gasteiger partial charge >= 0.3 is 0 Å². The first-order valence-electron chi connectivity index (χ1n) is 5.19. The molecule has 0 radical (unpaired) electrons. The summed E-state index contributed by atoms with van der Waals surface area (Å²) in [7, 11) is 4.29. The molecule has 1 aliphatic heterocycles. The minimum atomic E-state index is 0.891. The van der Waals surface area contributed by atoms with Crippen molar-refractivity contribution in [3.05, 3.63) is 0 Å². The lowest BCUT2D eigenvalue weighted by Crippen LogP contribution is -2.26. The van der Waals surface area contributed by atoms with Crippen LogP contribution in [0.15, 0.2) is 0 Å². The van der Waals surface area contributed by atoms with Crippen LogP contribution in [0, 0.1) is 0 Å². The number of hydrogen-bond donors (Lipinski definition) is 1. The minimum absolute atomic E-state index is 0.891. The third-order valence-electron chi connectivity index (χ3n) is 2.89. The molecule has 1 atom stereocenters. The van der Waals surface area contributed by atoms with Gasteiger partial charge in [0.2, 0.25) is 0 Å². The molecular weight excluding hydrogens is 146 g/mol. The second kappa shape index (κ2) is 5.65. The summed E-state index contributed by atoms with van der Waals surface area (Å²) in [5, 5.41) is 3.19. The van der Waals surface area contributed by atoms with Gasteiger partial charge in [-0.1, -0.05) is 6.42 Å². The Hall–Kier alpha value is 0.0499. The Bertz CT molecular complexity index is 122. The van der Waals surface area contributed by atoms with Crippen LogP contribution in [0.3, 0.4) is 0 Å². The van der Waals surface area contributed by atoms with Crippen molar-refractivity contribution in [1.29, 1.82) is 0 Å². The summed E-state index contributed by atoms with van der Waals surface area (Å²) >= 11 is 0. The summed E-state index contributed by atoms with van der Waals surface area (Å²) in [6.45, 7) is 2.49. The first-order chi connectivity index (χ1) is 5.84. The number of nitrogens with zero attached hydrogens (tertiary/aromatic N) is 1. The summed E-state index contributed by atoms with van der Waals surface area (Å²) < 4.78 is 0. The third kappa shape index (κ3) is 3.20. The number of unbranched alkanes of at least 4 members (excludes halogenated alkanes) is 1. The summed E-state index contributed by atoms with van der Waals surface area (Å²) in [5.41, 5.74) is 0. The van der Waals surface area contributed by atoms with E-state index in [1.54, 1.807) is 0 Å². The molecule has 0 amide bonds. The van der Waals surface area contributed by atoms with Gasteiger partial charge in [0.25, 0.3) is 0 Å². The summed E-state index contributed by atoms with van der Waals surface area (Å²) in [6.07, 6.45) is 6.96. The number of hydrogen-bond acceptors (Lipinski definition) is 2. The molecule has 1 saturated heterocycles. The molecule has 0 saturated carbocycles. The molecule has 1 heterocycles. The zero-order chi connectivity index (χ0) is 8.81. The molecule has 0 aromatic heterocycles. The molecule has 2 nitrogen and oxygen atoms in total. The van der Waals surface area contributed by atoms with E-state index in [1.807, 2.05) is 7.98 Å². The van der Waals surface area contributed by atoms with Crippen LogP contribution < -0.4 is 5.23 Å². The largest absolute Gasteiger partial charge is 0.362 e. The van der Waals surface area contributed by atoms with E-state index in [4.69, 9.17) is 0 Å². The molecule has 1 N–H and O–H groups in total. The molecule has 68 valence electrons. The highest BCUT2D eigenvalue weighted by molar-refractivity contribution is 6.04. The molecule has 12 heavy (non-hydrogen) atoms. The van der Waals surface area contributed by atoms with Gasteiger partial charge in [-0.05, 0) is 44.8 Å². The fraction of sp³-hybridized carbons (Fsp3) is 1.00. The second-order valence-corrected chi connectivity index (χ2v) is 3.88. The number of nitrogens with one attached hydrogen (secondary N) is 1. The van der Waals surface area contributed by atoms with Crippen molar-refractivity contribution in [3.63, 3.8) is 0 Å². The van der Waals surface area contributed by atoms with Gasteiger partial charge in [-0.25, -0.2) is 0 Å². The fourth-order valence-electron chi connectivity index (χ4n) is 2.03. The van der Waals surface area contributed by atoms with Gasteiger partial charge in [-0.2, -0.15) is 0 Å². The molecule has 1 rings (SSSR count). The third-order valence-corrected chi connectivity index (χ3v) is 2.89. The van der Waals surface area contributed by atoms with Gasteiger partial charge in [-0.15, -0.1) is 0 Å². The van der Waals surface area contributed by atoms with Gasteiger partial charge < -0.3 is 10.0 Å². The van der Waals surface area contributed by atoms with Crippen molar-refractivity contribution in [3.8, 4) is 0 Å². The highest BCUT2D eigenvalue weighted by atomic mass is 15.1. The molecule has 0 aromatic rings. The summed E-state index contributed by atoms with van der Waals surface area (Å²) in [4.78, 5) is 2.51. The standard InChI is InChI=1S/C8H20B2N2/c9-11-6-2-1-4-8-5-3-7-12(8)10/h8,11H,1-7,9-10H2. The zero-order valence-corrected chi connectivity index (χ0v) is 8.47. The molecule has 0 bridgehead atoms. The van der Waals surface area contributed by atoms with Gasteiger partial charge in [0.1, 0.15) is 0 Å². The molecule has 1 fully saturated rings. The quantitative estimate of drug-likeness (QED) is 0.429. The van der Waals surface area contributed by atoms with Crippen LogP contribution in [-0.4, -0.2) is 39.9 Å². The normalized spacial score (nSPS) is 24.8. The Labute approximate surface area is 77.9 Å². The van der Waals surface area contributed by atoms with E-state index in [-0.39, 0.29) is 0 Å². The molecule has 0 spiro atoms. The van der Waals surface area contributed by atoms with Crippen LogP contribution in [0.25, 0.3) is 0 Å². The van der Waals surface area contributed by atoms with Gasteiger partial charge in [0.15, 0.2) is 16.0 Å².